The number of amides is 1. The van der Waals surface area contributed by atoms with Gasteiger partial charge in [-0.15, -0.1) is 0 Å². The molecule has 2 rings (SSSR count). The highest BCUT2D eigenvalue weighted by Crippen LogP contribution is 2.28. The Morgan fingerprint density at radius 1 is 1.29 bits per heavy atom. The smallest absolute Gasteiger partial charge is 0.323 e. The molecular weight excluding hydrogens is 266 g/mol. The molecule has 0 radical (unpaired) electrons. The number of rotatable bonds is 8. The van der Waals surface area contributed by atoms with Gasteiger partial charge in [0.1, 0.15) is 6.54 Å². The van der Waals surface area contributed by atoms with E-state index in [4.69, 9.17) is 5.11 Å². The van der Waals surface area contributed by atoms with Crippen LogP contribution in [-0.4, -0.2) is 34.5 Å². The van der Waals surface area contributed by atoms with Crippen LogP contribution in [0.15, 0.2) is 30.3 Å². The molecule has 0 heterocycles. The van der Waals surface area contributed by atoms with Gasteiger partial charge >= 0.3 is 5.97 Å². The lowest BCUT2D eigenvalue weighted by Gasteiger charge is -2.24. The quantitative estimate of drug-likeness (QED) is 0.800. The lowest BCUT2D eigenvalue weighted by molar-refractivity contribution is -0.146. The summed E-state index contributed by atoms with van der Waals surface area (Å²) in [6.45, 7) is 1.75. The molecule has 1 N–H and O–H groups in total. The fourth-order valence-corrected chi connectivity index (χ4v) is 2.58. The topological polar surface area (TPSA) is 57.6 Å². The number of aliphatic carboxylic acids is 1. The fourth-order valence-electron chi connectivity index (χ4n) is 2.58. The molecule has 4 nitrogen and oxygen atoms in total. The summed E-state index contributed by atoms with van der Waals surface area (Å²) in [5.74, 6) is -1.03. The predicted octanol–water partition coefficient (Wildman–Crippen LogP) is 2.72. The summed E-state index contributed by atoms with van der Waals surface area (Å²) in [6.07, 6.45) is 4.59. The average molecular weight is 289 g/mol. The van der Waals surface area contributed by atoms with E-state index in [0.717, 1.165) is 32.1 Å². The Hall–Kier alpha value is -1.84. The van der Waals surface area contributed by atoms with Crippen molar-refractivity contribution >= 4 is 11.9 Å². The standard InChI is InChI=1S/C17H23NO3/c1-13(6-5-9-14-7-3-2-4-8-14)17(21)18(12-16(19)20)15-10-11-15/h2-4,7-8,13,15H,5-6,9-12H2,1H3,(H,19,20). The van der Waals surface area contributed by atoms with Crippen LogP contribution in [0.2, 0.25) is 0 Å². The Morgan fingerprint density at radius 2 is 1.95 bits per heavy atom. The van der Waals surface area contributed by atoms with Crippen LogP contribution in [0.4, 0.5) is 0 Å². The van der Waals surface area contributed by atoms with Crippen LogP contribution in [0.5, 0.6) is 0 Å². The molecule has 0 aliphatic heterocycles. The predicted molar refractivity (Wildman–Crippen MR) is 80.9 cm³/mol. The summed E-state index contributed by atoms with van der Waals surface area (Å²) in [7, 11) is 0. The Balaban J connectivity index is 1.79. The molecule has 1 amide bonds. The number of benzene rings is 1. The number of nitrogens with zero attached hydrogens (tertiary/aromatic N) is 1. The van der Waals surface area contributed by atoms with E-state index in [1.54, 1.807) is 4.90 Å². The van der Waals surface area contributed by atoms with Gasteiger partial charge in [0, 0.05) is 12.0 Å². The van der Waals surface area contributed by atoms with Gasteiger partial charge < -0.3 is 10.0 Å². The summed E-state index contributed by atoms with van der Waals surface area (Å²) in [4.78, 5) is 24.8. The first kappa shape index (κ1) is 15.5. The number of carboxylic acid groups (broad SMARTS) is 1. The molecule has 1 unspecified atom stereocenters. The van der Waals surface area contributed by atoms with Crippen molar-refractivity contribution in [1.29, 1.82) is 0 Å². The highest BCUT2D eigenvalue weighted by atomic mass is 16.4. The molecule has 1 fully saturated rings. The Morgan fingerprint density at radius 3 is 2.52 bits per heavy atom. The molecule has 1 aliphatic carbocycles. The van der Waals surface area contributed by atoms with Gasteiger partial charge in [0.25, 0.3) is 0 Å². The normalized spacial score (nSPS) is 15.5. The molecule has 1 aromatic rings. The molecule has 0 aromatic heterocycles. The number of carboxylic acids is 1. The number of carbonyl (C=O) groups is 2. The highest BCUT2D eigenvalue weighted by molar-refractivity contribution is 5.83. The summed E-state index contributed by atoms with van der Waals surface area (Å²) in [5, 5.41) is 8.92. The Bertz CT molecular complexity index is 482. The zero-order valence-corrected chi connectivity index (χ0v) is 12.5. The Labute approximate surface area is 125 Å². The van der Waals surface area contributed by atoms with Gasteiger partial charge in [0.2, 0.25) is 5.91 Å². The van der Waals surface area contributed by atoms with E-state index in [1.807, 2.05) is 25.1 Å². The van der Waals surface area contributed by atoms with Crippen LogP contribution in [0.3, 0.4) is 0 Å². The second-order valence-electron chi connectivity index (χ2n) is 5.87. The first-order valence-electron chi connectivity index (χ1n) is 7.64. The third-order valence-electron chi connectivity index (χ3n) is 3.94. The second-order valence-corrected chi connectivity index (χ2v) is 5.87. The van der Waals surface area contributed by atoms with Gasteiger partial charge in [-0.05, 0) is 37.7 Å². The third-order valence-corrected chi connectivity index (χ3v) is 3.94. The molecule has 21 heavy (non-hydrogen) atoms. The van der Waals surface area contributed by atoms with Crippen molar-refractivity contribution in [2.75, 3.05) is 6.54 Å². The molecular formula is C17H23NO3. The van der Waals surface area contributed by atoms with E-state index in [1.165, 1.54) is 5.56 Å². The SMILES string of the molecule is CC(CCCc1ccccc1)C(=O)N(CC(=O)O)C1CC1. The van der Waals surface area contributed by atoms with Crippen LogP contribution in [0, 0.1) is 5.92 Å². The maximum atomic E-state index is 12.4. The summed E-state index contributed by atoms with van der Waals surface area (Å²) in [6, 6.07) is 10.4. The van der Waals surface area contributed by atoms with Crippen LogP contribution in [0.25, 0.3) is 0 Å². The van der Waals surface area contributed by atoms with Gasteiger partial charge in [-0.1, -0.05) is 37.3 Å². The van der Waals surface area contributed by atoms with Crippen molar-refractivity contribution in [1.82, 2.24) is 4.90 Å². The number of carbonyl (C=O) groups excluding carboxylic acids is 1. The van der Waals surface area contributed by atoms with Crippen molar-refractivity contribution < 1.29 is 14.7 Å². The first-order chi connectivity index (χ1) is 10.1. The number of hydrogen-bond donors (Lipinski definition) is 1. The largest absolute Gasteiger partial charge is 0.480 e. The van der Waals surface area contributed by atoms with Crippen LogP contribution < -0.4 is 0 Å². The minimum absolute atomic E-state index is 0.00652. The van der Waals surface area contributed by atoms with E-state index < -0.39 is 5.97 Å². The van der Waals surface area contributed by atoms with E-state index in [9.17, 15) is 9.59 Å². The van der Waals surface area contributed by atoms with Crippen LogP contribution >= 0.6 is 0 Å². The van der Waals surface area contributed by atoms with E-state index >= 15 is 0 Å². The van der Waals surface area contributed by atoms with E-state index in [2.05, 4.69) is 12.1 Å². The highest BCUT2D eigenvalue weighted by Gasteiger charge is 2.35. The minimum atomic E-state index is -0.924. The summed E-state index contributed by atoms with van der Waals surface area (Å²) < 4.78 is 0. The number of hydrogen-bond acceptors (Lipinski definition) is 2. The van der Waals surface area contributed by atoms with E-state index in [0.29, 0.717) is 0 Å². The third kappa shape index (κ3) is 4.88. The van der Waals surface area contributed by atoms with Crippen molar-refractivity contribution in [3.05, 3.63) is 35.9 Å². The molecule has 0 spiro atoms. The van der Waals surface area contributed by atoms with Gasteiger partial charge in [-0.3, -0.25) is 9.59 Å². The van der Waals surface area contributed by atoms with E-state index in [-0.39, 0.29) is 24.4 Å². The van der Waals surface area contributed by atoms with Crippen molar-refractivity contribution in [2.24, 2.45) is 5.92 Å². The minimum Gasteiger partial charge on any atom is -0.480 e. The Kier molecular flexibility index (Phi) is 5.37. The lowest BCUT2D eigenvalue weighted by Crippen LogP contribution is -2.40. The summed E-state index contributed by atoms with van der Waals surface area (Å²) in [5.41, 5.74) is 1.28. The van der Waals surface area contributed by atoms with Crippen LogP contribution in [0.1, 0.15) is 38.2 Å². The maximum absolute atomic E-state index is 12.4. The van der Waals surface area contributed by atoms with Gasteiger partial charge in [-0.25, -0.2) is 0 Å². The van der Waals surface area contributed by atoms with Gasteiger partial charge in [0.05, 0.1) is 0 Å². The summed E-state index contributed by atoms with van der Waals surface area (Å²) >= 11 is 0. The molecule has 1 atom stereocenters. The number of aryl methyl sites for hydroxylation is 1. The molecule has 0 saturated heterocycles. The maximum Gasteiger partial charge on any atom is 0.323 e. The van der Waals surface area contributed by atoms with Gasteiger partial charge in [-0.2, -0.15) is 0 Å². The molecule has 4 heteroatoms. The first-order valence-corrected chi connectivity index (χ1v) is 7.64. The molecule has 1 aromatic carbocycles. The zero-order chi connectivity index (χ0) is 15.2. The van der Waals surface area contributed by atoms with Crippen molar-refractivity contribution in [3.63, 3.8) is 0 Å². The van der Waals surface area contributed by atoms with Crippen LogP contribution in [-0.2, 0) is 16.0 Å². The second kappa shape index (κ2) is 7.25. The average Bonchev–Trinajstić information content (AvgIpc) is 3.29. The molecule has 0 bridgehead atoms. The molecule has 114 valence electrons. The van der Waals surface area contributed by atoms with Gasteiger partial charge in [0.15, 0.2) is 0 Å². The monoisotopic (exact) mass is 289 g/mol. The van der Waals surface area contributed by atoms with Crippen molar-refractivity contribution in [3.8, 4) is 0 Å². The fraction of sp³-hybridized carbons (Fsp3) is 0.529. The lowest BCUT2D eigenvalue weighted by atomic mass is 9.99. The van der Waals surface area contributed by atoms with Crippen molar-refractivity contribution in [2.45, 2.75) is 45.1 Å². The molecule has 1 aliphatic rings. The zero-order valence-electron chi connectivity index (χ0n) is 12.5. The molecule has 1 saturated carbocycles.